The molecule has 0 bridgehead atoms. The molecule has 9 nitrogen and oxygen atoms in total. The fourth-order valence-electron chi connectivity index (χ4n) is 5.21. The maximum absolute atomic E-state index is 13.4. The first kappa shape index (κ1) is 32.3. The average Bonchev–Trinajstić information content (AvgIpc) is 3.45. The summed E-state index contributed by atoms with van der Waals surface area (Å²) in [5.74, 6) is 0. The van der Waals surface area contributed by atoms with Crippen molar-refractivity contribution in [2.75, 3.05) is 40.9 Å². The van der Waals surface area contributed by atoms with E-state index < -0.39 is 27.1 Å². The highest BCUT2D eigenvalue weighted by Gasteiger charge is 2.46. The Labute approximate surface area is 258 Å². The van der Waals surface area contributed by atoms with Crippen molar-refractivity contribution in [2.45, 2.75) is 22.5 Å². The second-order valence-corrected chi connectivity index (χ2v) is 13.6. The maximum Gasteiger partial charge on any atom is 0.410 e. The molecule has 0 aromatic heterocycles. The van der Waals surface area contributed by atoms with Gasteiger partial charge < -0.3 is 9.57 Å². The van der Waals surface area contributed by atoms with Crippen LogP contribution in [0.4, 0.5) is 4.79 Å². The van der Waals surface area contributed by atoms with Crippen molar-refractivity contribution in [1.29, 1.82) is 0 Å². The molecule has 0 saturated carbocycles. The molecule has 1 heterocycles. The van der Waals surface area contributed by atoms with Crippen LogP contribution >= 0.6 is 11.8 Å². The summed E-state index contributed by atoms with van der Waals surface area (Å²) >= 11 is 1.76. The van der Waals surface area contributed by atoms with E-state index in [4.69, 9.17) is 9.57 Å². The Bertz CT molecular complexity index is 1390. The van der Waals surface area contributed by atoms with Gasteiger partial charge in [-0.1, -0.05) is 109 Å². The molecule has 2 atom stereocenters. The Morgan fingerprint density at radius 1 is 1.02 bits per heavy atom. The number of benzene rings is 3. The lowest BCUT2D eigenvalue weighted by Gasteiger charge is -2.37. The van der Waals surface area contributed by atoms with Crippen molar-refractivity contribution >= 4 is 33.8 Å². The number of rotatable bonds is 13. The van der Waals surface area contributed by atoms with E-state index in [0.717, 1.165) is 21.0 Å². The first-order valence-corrected chi connectivity index (χ1v) is 16.2. The smallest absolute Gasteiger partial charge is 0.410 e. The fourth-order valence-corrected chi connectivity index (χ4v) is 7.63. The second-order valence-electron chi connectivity index (χ2n) is 10.2. The van der Waals surface area contributed by atoms with Crippen LogP contribution in [0.1, 0.15) is 23.1 Å². The first-order chi connectivity index (χ1) is 20.7. The van der Waals surface area contributed by atoms with Gasteiger partial charge in [-0.3, -0.25) is 4.90 Å². The van der Waals surface area contributed by atoms with E-state index in [1.54, 1.807) is 16.7 Å². The third kappa shape index (κ3) is 7.48. The molecule has 3 aromatic rings. The number of nitrogens with zero attached hydrogens (tertiary/aromatic N) is 3. The van der Waals surface area contributed by atoms with Crippen LogP contribution in [0.3, 0.4) is 0 Å². The van der Waals surface area contributed by atoms with Gasteiger partial charge in [0.15, 0.2) is 0 Å². The van der Waals surface area contributed by atoms with Crippen LogP contribution in [0.5, 0.6) is 0 Å². The zero-order valence-electron chi connectivity index (χ0n) is 24.6. The van der Waals surface area contributed by atoms with Gasteiger partial charge in [0.2, 0.25) is 0 Å². The van der Waals surface area contributed by atoms with Gasteiger partial charge in [0.05, 0.1) is 23.0 Å². The topological polar surface area (TPSA) is 101 Å². The van der Waals surface area contributed by atoms with Crippen molar-refractivity contribution in [3.63, 3.8) is 0 Å². The molecule has 43 heavy (non-hydrogen) atoms. The standard InChI is InChI=1S/C32H38N4O5S2/c1-5-21-41-31(37)36-24-28(22-30(36)29(34-40-4)23-33-43(38,39)35(2)3)42-32(25-15-9-6-10-16-25,26-17-11-7-12-18-26)27-19-13-8-14-20-27/h5-20,28,30,33H,1,21-24H2,2-4H3/b34-29+/t28-,30-/m0/s1. The van der Waals surface area contributed by atoms with Crippen molar-refractivity contribution < 1.29 is 22.8 Å². The van der Waals surface area contributed by atoms with Gasteiger partial charge in [-0.05, 0) is 23.1 Å². The van der Waals surface area contributed by atoms with Crippen molar-refractivity contribution in [1.82, 2.24) is 13.9 Å². The van der Waals surface area contributed by atoms with E-state index in [-0.39, 0.29) is 18.4 Å². The maximum atomic E-state index is 13.4. The molecule has 11 heteroatoms. The highest BCUT2D eigenvalue weighted by molar-refractivity contribution is 8.01. The zero-order chi connectivity index (χ0) is 30.9. The Kier molecular flexibility index (Phi) is 11.0. The van der Waals surface area contributed by atoms with Gasteiger partial charge in [-0.25, -0.2) is 4.79 Å². The molecule has 0 spiro atoms. The lowest BCUT2D eigenvalue weighted by molar-refractivity contribution is 0.115. The van der Waals surface area contributed by atoms with Crippen molar-refractivity contribution in [3.05, 3.63) is 120 Å². The molecule has 3 aromatic carbocycles. The predicted molar refractivity (Wildman–Crippen MR) is 172 cm³/mol. The first-order valence-electron chi connectivity index (χ1n) is 13.9. The molecule has 228 valence electrons. The minimum atomic E-state index is -3.75. The normalized spacial score (nSPS) is 17.6. The number of hydrogen-bond donors (Lipinski definition) is 1. The Morgan fingerprint density at radius 2 is 1.53 bits per heavy atom. The van der Waals surface area contributed by atoms with Crippen molar-refractivity contribution in [3.8, 4) is 0 Å². The molecule has 1 fully saturated rings. The summed E-state index contributed by atoms with van der Waals surface area (Å²) in [4.78, 5) is 20.1. The molecule has 1 amide bonds. The molecular formula is C32H38N4O5S2. The lowest BCUT2D eigenvalue weighted by Crippen LogP contribution is -2.46. The number of amides is 1. The van der Waals surface area contributed by atoms with Crippen LogP contribution in [0, 0.1) is 0 Å². The number of carbonyl (C=O) groups excluding carboxylic acids is 1. The minimum Gasteiger partial charge on any atom is -0.445 e. The number of thioether (sulfide) groups is 1. The van der Waals surface area contributed by atoms with Gasteiger partial charge >= 0.3 is 6.09 Å². The van der Waals surface area contributed by atoms with E-state index in [0.29, 0.717) is 18.7 Å². The van der Waals surface area contributed by atoms with E-state index >= 15 is 0 Å². The summed E-state index contributed by atoms with van der Waals surface area (Å²) in [5.41, 5.74) is 3.68. The average molecular weight is 623 g/mol. The monoisotopic (exact) mass is 622 g/mol. The Hall–Kier alpha value is -3.64. The molecule has 0 aliphatic carbocycles. The van der Waals surface area contributed by atoms with E-state index in [1.165, 1.54) is 27.3 Å². The molecular weight excluding hydrogens is 585 g/mol. The van der Waals surface area contributed by atoms with Crippen LogP contribution in [0.25, 0.3) is 0 Å². The van der Waals surface area contributed by atoms with E-state index in [1.807, 2.05) is 54.6 Å². The van der Waals surface area contributed by atoms with Crippen LogP contribution in [0.2, 0.25) is 0 Å². The number of nitrogens with one attached hydrogen (secondary N) is 1. The summed E-state index contributed by atoms with van der Waals surface area (Å²) in [6.07, 6.45) is 1.47. The summed E-state index contributed by atoms with van der Waals surface area (Å²) in [7, 11) is 0.521. The molecule has 0 unspecified atom stereocenters. The van der Waals surface area contributed by atoms with Crippen LogP contribution in [-0.2, 0) is 24.5 Å². The van der Waals surface area contributed by atoms with Crippen LogP contribution in [0.15, 0.2) is 109 Å². The van der Waals surface area contributed by atoms with Crippen LogP contribution < -0.4 is 4.72 Å². The number of ether oxygens (including phenoxy) is 1. The lowest BCUT2D eigenvalue weighted by atomic mass is 9.84. The van der Waals surface area contributed by atoms with E-state index in [2.05, 4.69) is 52.9 Å². The number of carbonyl (C=O) groups is 1. The quantitative estimate of drug-likeness (QED) is 0.126. The van der Waals surface area contributed by atoms with Crippen LogP contribution in [-0.4, -0.2) is 81.6 Å². The van der Waals surface area contributed by atoms with Crippen molar-refractivity contribution in [2.24, 2.45) is 5.16 Å². The van der Waals surface area contributed by atoms with Gasteiger partial charge in [-0.2, -0.15) is 17.4 Å². The van der Waals surface area contributed by atoms with Gasteiger partial charge in [0.25, 0.3) is 10.2 Å². The van der Waals surface area contributed by atoms with Gasteiger partial charge in [0.1, 0.15) is 13.7 Å². The van der Waals surface area contributed by atoms with Gasteiger partial charge in [0, 0.05) is 25.9 Å². The van der Waals surface area contributed by atoms with E-state index in [9.17, 15) is 13.2 Å². The Morgan fingerprint density at radius 3 is 1.98 bits per heavy atom. The Balaban J connectivity index is 1.78. The molecule has 1 N–H and O–H groups in total. The SMILES string of the molecule is C=CCOC(=O)N1C[C@@H](SC(c2ccccc2)(c2ccccc2)c2ccccc2)C[C@H]1/C(CNS(=O)(=O)N(C)C)=N/OC. The highest BCUT2D eigenvalue weighted by Crippen LogP contribution is 2.52. The zero-order valence-corrected chi connectivity index (χ0v) is 26.3. The highest BCUT2D eigenvalue weighted by atomic mass is 32.2. The summed E-state index contributed by atoms with van der Waals surface area (Å²) in [6.45, 7) is 3.92. The number of hydrogen-bond acceptors (Lipinski definition) is 7. The summed E-state index contributed by atoms with van der Waals surface area (Å²) in [5, 5.41) is 4.09. The third-order valence-corrected chi connectivity index (χ3v) is 10.4. The third-order valence-electron chi connectivity index (χ3n) is 7.22. The molecule has 1 aliphatic heterocycles. The number of likely N-dealkylation sites (tertiary alicyclic amines) is 1. The second kappa shape index (κ2) is 14.7. The summed E-state index contributed by atoms with van der Waals surface area (Å²) in [6, 6.07) is 30.4. The van der Waals surface area contributed by atoms with Gasteiger partial charge in [-0.15, -0.1) is 11.8 Å². The molecule has 1 saturated heterocycles. The molecule has 0 radical (unpaired) electrons. The largest absolute Gasteiger partial charge is 0.445 e. The molecule has 1 aliphatic rings. The summed E-state index contributed by atoms with van der Waals surface area (Å²) < 4.78 is 33.6. The molecule has 4 rings (SSSR count). The predicted octanol–water partition coefficient (Wildman–Crippen LogP) is 4.88. The minimum absolute atomic E-state index is 0.0475. The number of oxime groups is 1. The fraction of sp³-hybridized carbons (Fsp3) is 0.312.